The molecule has 1 aromatic carbocycles. The van der Waals surface area contributed by atoms with Crippen LogP contribution in [-0.4, -0.2) is 76.7 Å². The van der Waals surface area contributed by atoms with Gasteiger partial charge >= 0.3 is 6.18 Å². The average Bonchev–Trinajstić information content (AvgIpc) is 3.47. The summed E-state index contributed by atoms with van der Waals surface area (Å²) in [5.74, 6) is 0.702. The molecule has 0 aliphatic carbocycles. The second-order valence-corrected chi connectivity index (χ2v) is 8.85. The lowest BCUT2D eigenvalue weighted by Crippen LogP contribution is -2.52. The van der Waals surface area contributed by atoms with Crippen LogP contribution in [0, 0.1) is 0 Å². The Morgan fingerprint density at radius 2 is 1.89 bits per heavy atom. The van der Waals surface area contributed by atoms with Crippen LogP contribution in [0.4, 0.5) is 13.2 Å². The maximum Gasteiger partial charge on any atom is 0.433 e. The summed E-state index contributed by atoms with van der Waals surface area (Å²) in [5.41, 5.74) is -0.144. The summed E-state index contributed by atoms with van der Waals surface area (Å²) >= 11 is 0. The number of amides is 1. The van der Waals surface area contributed by atoms with E-state index in [1.165, 1.54) is 20.3 Å². The Balaban J connectivity index is 1.46. The summed E-state index contributed by atoms with van der Waals surface area (Å²) in [4.78, 5) is 21.5. The Hall–Kier alpha value is -3.34. The van der Waals surface area contributed by atoms with Crippen molar-refractivity contribution in [3.63, 3.8) is 0 Å². The molecule has 11 heteroatoms. The molecule has 0 spiro atoms. The van der Waals surface area contributed by atoms with Crippen molar-refractivity contribution < 1.29 is 27.4 Å². The van der Waals surface area contributed by atoms with E-state index in [9.17, 15) is 18.0 Å². The van der Waals surface area contributed by atoms with Gasteiger partial charge in [-0.25, -0.2) is 9.50 Å². The van der Waals surface area contributed by atoms with Crippen molar-refractivity contribution in [2.24, 2.45) is 0 Å². The fourth-order valence-corrected chi connectivity index (χ4v) is 4.94. The fraction of sp³-hybridized carbons (Fsp3) is 0.458. The molecule has 2 aliphatic rings. The van der Waals surface area contributed by atoms with Gasteiger partial charge in [0.05, 0.1) is 32.0 Å². The Kier molecular flexibility index (Phi) is 6.04. The van der Waals surface area contributed by atoms with E-state index in [0.29, 0.717) is 36.2 Å². The van der Waals surface area contributed by atoms with Crippen molar-refractivity contribution in [2.45, 2.75) is 31.5 Å². The van der Waals surface area contributed by atoms with Crippen molar-refractivity contribution in [1.82, 2.24) is 24.4 Å². The van der Waals surface area contributed by atoms with E-state index in [1.807, 2.05) is 0 Å². The van der Waals surface area contributed by atoms with Gasteiger partial charge in [0, 0.05) is 37.3 Å². The predicted molar refractivity (Wildman–Crippen MR) is 121 cm³/mol. The van der Waals surface area contributed by atoms with Crippen molar-refractivity contribution in [3.8, 4) is 22.8 Å². The van der Waals surface area contributed by atoms with Crippen LogP contribution in [0.25, 0.3) is 16.9 Å². The largest absolute Gasteiger partial charge is 0.493 e. The van der Waals surface area contributed by atoms with Crippen LogP contribution in [0.5, 0.6) is 11.5 Å². The van der Waals surface area contributed by atoms with Crippen LogP contribution in [0.3, 0.4) is 0 Å². The number of halogens is 3. The number of piperazine rings is 1. The summed E-state index contributed by atoms with van der Waals surface area (Å²) in [7, 11) is 2.93. The second kappa shape index (κ2) is 9.03. The van der Waals surface area contributed by atoms with E-state index in [2.05, 4.69) is 15.0 Å². The van der Waals surface area contributed by atoms with Gasteiger partial charge in [-0.1, -0.05) is 0 Å². The zero-order valence-corrected chi connectivity index (χ0v) is 19.5. The first-order valence-corrected chi connectivity index (χ1v) is 11.5. The molecular weight excluding hydrogens is 463 g/mol. The van der Waals surface area contributed by atoms with Crippen LogP contribution >= 0.6 is 0 Å². The lowest BCUT2D eigenvalue weighted by molar-refractivity contribution is -0.142. The monoisotopic (exact) mass is 489 g/mol. The van der Waals surface area contributed by atoms with Gasteiger partial charge in [-0.2, -0.15) is 18.3 Å². The zero-order valence-electron chi connectivity index (χ0n) is 19.5. The number of ether oxygens (including phenoxy) is 2. The van der Waals surface area contributed by atoms with E-state index in [1.54, 1.807) is 23.1 Å². The molecule has 5 rings (SSSR count). The minimum absolute atomic E-state index is 0.0213. The molecule has 186 valence electrons. The third kappa shape index (κ3) is 4.52. The standard InChI is InChI=1S/C24H26F3N5O3/c1-34-19-6-5-15(10-20(19)35-2)18-13-21(24(25,26)27)32-22(28-18)11-16(29-32)12-23(33)31-9-8-30-7-3-4-17(30)14-31/h5-6,10-11,13,17H,3-4,7-9,12,14H2,1-2H3. The molecule has 1 unspecified atom stereocenters. The molecule has 2 saturated heterocycles. The minimum atomic E-state index is -4.67. The molecule has 1 amide bonds. The van der Waals surface area contributed by atoms with E-state index >= 15 is 0 Å². The molecule has 2 aromatic heterocycles. The number of carbonyl (C=O) groups excluding carboxylic acids is 1. The van der Waals surface area contributed by atoms with E-state index in [0.717, 1.165) is 36.5 Å². The summed E-state index contributed by atoms with van der Waals surface area (Å²) in [6.07, 6.45) is -2.54. The van der Waals surface area contributed by atoms with Gasteiger partial charge < -0.3 is 14.4 Å². The number of hydrogen-bond donors (Lipinski definition) is 0. The highest BCUT2D eigenvalue weighted by Crippen LogP contribution is 2.35. The first-order chi connectivity index (χ1) is 16.8. The summed E-state index contributed by atoms with van der Waals surface area (Å²) in [5, 5.41) is 4.11. The van der Waals surface area contributed by atoms with Gasteiger partial charge in [0.1, 0.15) is 0 Å². The van der Waals surface area contributed by atoms with Crippen LogP contribution < -0.4 is 9.47 Å². The molecule has 2 fully saturated rings. The SMILES string of the molecule is COc1ccc(-c2cc(C(F)(F)F)n3nc(CC(=O)N4CCN5CCCC5C4)cc3n2)cc1OC. The number of carbonyl (C=O) groups is 1. The molecule has 0 radical (unpaired) electrons. The molecule has 35 heavy (non-hydrogen) atoms. The molecule has 8 nitrogen and oxygen atoms in total. The van der Waals surface area contributed by atoms with Crippen molar-refractivity contribution in [3.05, 3.63) is 41.7 Å². The summed E-state index contributed by atoms with van der Waals surface area (Å²) in [6.45, 7) is 3.17. The van der Waals surface area contributed by atoms with Crippen molar-refractivity contribution in [2.75, 3.05) is 40.4 Å². The molecule has 3 aromatic rings. The number of aromatic nitrogens is 3. The van der Waals surface area contributed by atoms with Gasteiger partial charge in [-0.05, 0) is 43.7 Å². The van der Waals surface area contributed by atoms with Crippen molar-refractivity contribution >= 4 is 11.6 Å². The molecule has 0 bridgehead atoms. The Morgan fingerprint density at radius 3 is 2.63 bits per heavy atom. The third-order valence-corrected chi connectivity index (χ3v) is 6.72. The number of benzene rings is 1. The number of rotatable bonds is 5. The highest BCUT2D eigenvalue weighted by atomic mass is 19.4. The fourth-order valence-electron chi connectivity index (χ4n) is 4.94. The molecule has 0 saturated carbocycles. The lowest BCUT2D eigenvalue weighted by atomic mass is 10.1. The lowest BCUT2D eigenvalue weighted by Gasteiger charge is -2.37. The summed E-state index contributed by atoms with van der Waals surface area (Å²) < 4.78 is 53.1. The van der Waals surface area contributed by atoms with Crippen LogP contribution in [0.1, 0.15) is 24.2 Å². The first kappa shape index (κ1) is 23.4. The minimum Gasteiger partial charge on any atom is -0.493 e. The summed E-state index contributed by atoms with van der Waals surface area (Å²) in [6, 6.07) is 7.56. The highest BCUT2D eigenvalue weighted by molar-refractivity contribution is 5.79. The Bertz CT molecular complexity index is 1260. The molecule has 0 N–H and O–H groups in total. The molecule has 1 atom stereocenters. The maximum atomic E-state index is 14.0. The quantitative estimate of drug-likeness (QED) is 0.548. The van der Waals surface area contributed by atoms with Crippen molar-refractivity contribution in [1.29, 1.82) is 0 Å². The van der Waals surface area contributed by atoms with Gasteiger partial charge in [0.2, 0.25) is 5.91 Å². The third-order valence-electron chi connectivity index (χ3n) is 6.72. The van der Waals surface area contributed by atoms with E-state index < -0.39 is 11.9 Å². The smallest absolute Gasteiger partial charge is 0.433 e. The topological polar surface area (TPSA) is 72.2 Å². The maximum absolute atomic E-state index is 14.0. The first-order valence-electron chi connectivity index (χ1n) is 11.5. The number of methoxy groups -OCH3 is 2. The van der Waals surface area contributed by atoms with Crippen LogP contribution in [0.15, 0.2) is 30.3 Å². The molecule has 2 aliphatic heterocycles. The molecule has 4 heterocycles. The normalized spacial score (nSPS) is 18.7. The van der Waals surface area contributed by atoms with Gasteiger partial charge in [-0.15, -0.1) is 0 Å². The highest BCUT2D eigenvalue weighted by Gasteiger charge is 2.36. The Labute approximate surface area is 200 Å². The number of nitrogens with zero attached hydrogens (tertiary/aromatic N) is 5. The van der Waals surface area contributed by atoms with Gasteiger partial charge in [0.15, 0.2) is 22.8 Å². The van der Waals surface area contributed by atoms with Crippen LogP contribution in [0.2, 0.25) is 0 Å². The molecular formula is C24H26F3N5O3. The van der Waals surface area contributed by atoms with E-state index in [-0.39, 0.29) is 29.4 Å². The van der Waals surface area contributed by atoms with E-state index in [4.69, 9.17) is 9.47 Å². The zero-order chi connectivity index (χ0) is 24.7. The number of alkyl halides is 3. The second-order valence-electron chi connectivity index (χ2n) is 8.85. The number of fused-ring (bicyclic) bond motifs is 2. The predicted octanol–water partition coefficient (Wildman–Crippen LogP) is 3.28. The number of hydrogen-bond acceptors (Lipinski definition) is 6. The Morgan fingerprint density at radius 1 is 1.09 bits per heavy atom. The van der Waals surface area contributed by atoms with Crippen LogP contribution in [-0.2, 0) is 17.4 Å². The average molecular weight is 489 g/mol. The van der Waals surface area contributed by atoms with Gasteiger partial charge in [0.25, 0.3) is 0 Å². The van der Waals surface area contributed by atoms with Gasteiger partial charge in [-0.3, -0.25) is 9.69 Å².